The summed E-state index contributed by atoms with van der Waals surface area (Å²) in [7, 11) is 0. The molecule has 1 saturated carbocycles. The van der Waals surface area contributed by atoms with Crippen molar-refractivity contribution in [3.8, 4) is 28.5 Å². The van der Waals surface area contributed by atoms with Crippen LogP contribution in [0, 0.1) is 11.8 Å². The fourth-order valence-corrected chi connectivity index (χ4v) is 4.78. The molecule has 2 aromatic heterocycles. The van der Waals surface area contributed by atoms with Gasteiger partial charge in [0.15, 0.2) is 11.5 Å². The average molecular weight is 478 g/mol. The lowest BCUT2D eigenvalue weighted by Gasteiger charge is -2.29. The summed E-state index contributed by atoms with van der Waals surface area (Å²) in [5.74, 6) is 2.49. The molecule has 10 heteroatoms. The van der Waals surface area contributed by atoms with Crippen LogP contribution in [-0.2, 0) is 4.79 Å². The maximum absolute atomic E-state index is 13.1. The van der Waals surface area contributed by atoms with Crippen molar-refractivity contribution in [1.29, 1.82) is 0 Å². The van der Waals surface area contributed by atoms with Gasteiger partial charge in [0.05, 0.1) is 23.3 Å². The Morgan fingerprint density at radius 1 is 1.23 bits per heavy atom. The quantitative estimate of drug-likeness (QED) is 0.479. The van der Waals surface area contributed by atoms with E-state index in [1.165, 1.54) is 19.2 Å². The van der Waals surface area contributed by atoms with Crippen molar-refractivity contribution in [3.63, 3.8) is 0 Å². The van der Waals surface area contributed by atoms with Crippen molar-refractivity contribution in [1.82, 2.24) is 25.2 Å². The Morgan fingerprint density at radius 2 is 2.14 bits per heavy atom. The van der Waals surface area contributed by atoms with Crippen LogP contribution in [0.3, 0.4) is 0 Å². The lowest BCUT2D eigenvalue weighted by Crippen LogP contribution is -2.40. The molecule has 10 nitrogen and oxygen atoms in total. The van der Waals surface area contributed by atoms with Crippen LogP contribution in [0.25, 0.3) is 22.3 Å². The molecule has 2 fully saturated rings. The second-order valence-electron chi connectivity index (χ2n) is 9.39. The summed E-state index contributed by atoms with van der Waals surface area (Å²) in [6.07, 6.45) is 8.27. The molecule has 6 rings (SSSR count). The Morgan fingerprint density at radius 3 is 3.00 bits per heavy atom. The number of ether oxygens (including phenoxy) is 3. The smallest absolute Gasteiger partial charge is 0.255 e. The van der Waals surface area contributed by atoms with Crippen LogP contribution in [0.4, 0.5) is 0 Å². The number of rotatable bonds is 8. The molecule has 1 aliphatic carbocycles. The van der Waals surface area contributed by atoms with Crippen LogP contribution >= 0.6 is 0 Å². The van der Waals surface area contributed by atoms with Crippen molar-refractivity contribution in [2.24, 2.45) is 11.8 Å². The maximum Gasteiger partial charge on any atom is 0.255 e. The minimum absolute atomic E-state index is 0.129. The van der Waals surface area contributed by atoms with Gasteiger partial charge in [-0.05, 0) is 49.7 Å². The number of piperidine rings is 1. The molecule has 1 unspecified atom stereocenters. The zero-order valence-electron chi connectivity index (χ0n) is 19.3. The molecule has 182 valence electrons. The normalized spacial score (nSPS) is 19.1. The summed E-state index contributed by atoms with van der Waals surface area (Å²) in [5, 5.41) is 3.01. The third-order valence-electron chi connectivity index (χ3n) is 6.87. The van der Waals surface area contributed by atoms with E-state index in [1.807, 2.05) is 12.1 Å². The van der Waals surface area contributed by atoms with Crippen LogP contribution in [0.1, 0.15) is 36.0 Å². The Labute approximate surface area is 202 Å². The number of benzene rings is 1. The number of fused-ring (bicyclic) bond motifs is 2. The highest BCUT2D eigenvalue weighted by Crippen LogP contribution is 2.48. The summed E-state index contributed by atoms with van der Waals surface area (Å²) in [5.41, 5.74) is 2.88. The van der Waals surface area contributed by atoms with Crippen molar-refractivity contribution in [3.05, 3.63) is 30.2 Å². The van der Waals surface area contributed by atoms with E-state index in [2.05, 4.69) is 20.3 Å². The molecule has 0 spiro atoms. The first kappa shape index (κ1) is 21.7. The van der Waals surface area contributed by atoms with Gasteiger partial charge in [-0.3, -0.25) is 9.59 Å². The lowest BCUT2D eigenvalue weighted by molar-refractivity contribution is -0.119. The lowest BCUT2D eigenvalue weighted by atomic mass is 9.98. The van der Waals surface area contributed by atoms with Crippen molar-refractivity contribution >= 4 is 23.4 Å². The number of aromatic amines is 1. The fraction of sp³-hybridized carbons (Fsp3) is 0.440. The second kappa shape index (κ2) is 9.09. The molecule has 2 amide bonds. The van der Waals surface area contributed by atoms with Gasteiger partial charge in [-0.1, -0.05) is 0 Å². The van der Waals surface area contributed by atoms with Crippen molar-refractivity contribution < 1.29 is 23.8 Å². The third kappa shape index (κ3) is 4.24. The van der Waals surface area contributed by atoms with Gasteiger partial charge in [0, 0.05) is 25.8 Å². The van der Waals surface area contributed by atoms with Crippen LogP contribution < -0.4 is 19.5 Å². The number of carbonyl (C=O) groups is 2. The van der Waals surface area contributed by atoms with Gasteiger partial charge in [0.25, 0.3) is 5.91 Å². The van der Waals surface area contributed by atoms with Crippen molar-refractivity contribution in [2.45, 2.75) is 25.7 Å². The highest BCUT2D eigenvalue weighted by molar-refractivity contribution is 6.08. The van der Waals surface area contributed by atoms with E-state index >= 15 is 0 Å². The van der Waals surface area contributed by atoms with Crippen molar-refractivity contribution in [2.75, 3.05) is 33.0 Å². The highest BCUT2D eigenvalue weighted by atomic mass is 16.7. The molecule has 35 heavy (non-hydrogen) atoms. The predicted octanol–water partition coefficient (Wildman–Crippen LogP) is 2.74. The molecule has 2 aliphatic heterocycles. The number of aromatic nitrogens is 3. The van der Waals surface area contributed by atoms with Gasteiger partial charge in [-0.15, -0.1) is 0 Å². The first-order valence-corrected chi connectivity index (χ1v) is 12.1. The number of amides is 2. The number of H-pyrrole nitrogens is 1. The van der Waals surface area contributed by atoms with Gasteiger partial charge in [-0.25, -0.2) is 9.97 Å². The van der Waals surface area contributed by atoms with E-state index in [0.717, 1.165) is 25.8 Å². The molecule has 3 aromatic rings. The third-order valence-corrected chi connectivity index (χ3v) is 6.87. The molecule has 2 N–H and O–H groups in total. The minimum Gasteiger partial charge on any atom is -0.492 e. The van der Waals surface area contributed by atoms with Crippen LogP contribution in [0.15, 0.2) is 24.7 Å². The largest absolute Gasteiger partial charge is 0.492 e. The van der Waals surface area contributed by atoms with Crippen LogP contribution in [0.5, 0.6) is 17.2 Å². The Balaban J connectivity index is 1.29. The number of hydrogen-bond donors (Lipinski definition) is 2. The van der Waals surface area contributed by atoms with Gasteiger partial charge in [0.2, 0.25) is 13.2 Å². The number of likely N-dealkylation sites (tertiary alicyclic amines) is 1. The molecule has 1 saturated heterocycles. The fourth-order valence-electron chi connectivity index (χ4n) is 4.78. The zero-order chi connectivity index (χ0) is 23.8. The Bertz CT molecular complexity index is 1270. The predicted molar refractivity (Wildman–Crippen MR) is 126 cm³/mol. The molecular formula is C25H27N5O5. The average Bonchev–Trinajstić information content (AvgIpc) is 3.42. The highest BCUT2D eigenvalue weighted by Gasteiger charge is 2.29. The van der Waals surface area contributed by atoms with Gasteiger partial charge in [-0.2, -0.15) is 0 Å². The first-order chi connectivity index (χ1) is 17.2. The van der Waals surface area contributed by atoms with E-state index in [1.54, 1.807) is 11.1 Å². The van der Waals surface area contributed by atoms with E-state index in [4.69, 9.17) is 14.2 Å². The standard InChI is InChI=1S/C25H27N5O5/c31-13-30-7-1-2-16(10-30)8-27-25(32)17-9-26-23-21(17)28-12-29-22(23)20-18(33-11-15-3-4-15)5-6-19-24(20)35-14-34-19/h5-6,9,12-13,15-16,26H,1-4,7-8,10-11,14H2,(H,27,32). The molecule has 1 atom stereocenters. The molecular weight excluding hydrogens is 450 g/mol. The molecule has 0 bridgehead atoms. The van der Waals surface area contributed by atoms with E-state index < -0.39 is 0 Å². The zero-order valence-corrected chi connectivity index (χ0v) is 19.3. The van der Waals surface area contributed by atoms with E-state index in [-0.39, 0.29) is 18.6 Å². The Kier molecular flexibility index (Phi) is 5.63. The van der Waals surface area contributed by atoms with Gasteiger partial charge < -0.3 is 29.4 Å². The number of nitrogens with zero attached hydrogens (tertiary/aromatic N) is 3. The van der Waals surface area contributed by atoms with E-state index in [0.29, 0.717) is 70.7 Å². The summed E-state index contributed by atoms with van der Waals surface area (Å²) < 4.78 is 17.5. The summed E-state index contributed by atoms with van der Waals surface area (Å²) in [6, 6.07) is 3.72. The van der Waals surface area contributed by atoms with Gasteiger partial charge in [0.1, 0.15) is 23.3 Å². The Hall–Kier alpha value is -3.82. The number of carbonyl (C=O) groups excluding carboxylic acids is 2. The van der Waals surface area contributed by atoms with E-state index in [9.17, 15) is 9.59 Å². The monoisotopic (exact) mass is 477 g/mol. The summed E-state index contributed by atoms with van der Waals surface area (Å²) in [4.78, 5) is 38.0. The van der Waals surface area contributed by atoms with Gasteiger partial charge >= 0.3 is 0 Å². The number of hydrogen-bond acceptors (Lipinski definition) is 7. The van der Waals surface area contributed by atoms with Crippen LogP contribution in [-0.4, -0.2) is 65.2 Å². The summed E-state index contributed by atoms with van der Waals surface area (Å²) in [6.45, 7) is 2.71. The van der Waals surface area contributed by atoms with Crippen LogP contribution in [0.2, 0.25) is 0 Å². The second-order valence-corrected chi connectivity index (χ2v) is 9.39. The maximum atomic E-state index is 13.1. The SMILES string of the molecule is O=CN1CCCC(CNC(=O)c2c[nH]c3c(-c4c(OCC5CC5)ccc5c4OCO5)ncnc23)C1. The minimum atomic E-state index is -0.216. The first-order valence-electron chi connectivity index (χ1n) is 12.1. The molecule has 3 aliphatic rings. The topological polar surface area (TPSA) is 119 Å². The number of nitrogens with one attached hydrogen (secondary N) is 2. The molecule has 4 heterocycles. The summed E-state index contributed by atoms with van der Waals surface area (Å²) >= 11 is 0. The molecule has 0 radical (unpaired) electrons. The molecule has 1 aromatic carbocycles.